The lowest BCUT2D eigenvalue weighted by Crippen LogP contribution is -2.48. The zero-order valence-corrected chi connectivity index (χ0v) is 13.8. The molecule has 2 atom stereocenters. The van der Waals surface area contributed by atoms with Crippen LogP contribution >= 0.6 is 11.8 Å². The molecule has 0 N–H and O–H groups in total. The third kappa shape index (κ3) is 3.09. The van der Waals surface area contributed by atoms with Gasteiger partial charge in [-0.15, -0.1) is 0 Å². The summed E-state index contributed by atoms with van der Waals surface area (Å²) in [6.45, 7) is 4.30. The van der Waals surface area contributed by atoms with Crippen LogP contribution in [0.4, 0.5) is 0 Å². The number of carbonyl (C=O) groups excluding carboxylic acids is 1. The Morgan fingerprint density at radius 1 is 1.23 bits per heavy atom. The summed E-state index contributed by atoms with van der Waals surface area (Å²) < 4.78 is 0. The van der Waals surface area contributed by atoms with Gasteiger partial charge >= 0.3 is 0 Å². The van der Waals surface area contributed by atoms with Gasteiger partial charge in [0.25, 0.3) is 0 Å². The number of fused-ring (bicyclic) bond motifs is 1. The molecule has 0 bridgehead atoms. The zero-order valence-electron chi connectivity index (χ0n) is 13.0. The van der Waals surface area contributed by atoms with Crippen LogP contribution in [-0.4, -0.2) is 38.6 Å². The molecule has 2 aromatic rings. The average Bonchev–Trinajstić information content (AvgIpc) is 2.52. The zero-order chi connectivity index (χ0) is 15.5. The number of likely N-dealkylation sites (tertiary alicyclic amines) is 1. The van der Waals surface area contributed by atoms with Crippen LogP contribution in [-0.2, 0) is 4.79 Å². The smallest absolute Gasteiger partial charge is 0.233 e. The Bertz CT molecular complexity index is 661. The van der Waals surface area contributed by atoms with Crippen molar-refractivity contribution in [2.24, 2.45) is 0 Å². The van der Waals surface area contributed by atoms with E-state index >= 15 is 0 Å². The topological polar surface area (TPSA) is 46.1 Å². The number of amides is 1. The van der Waals surface area contributed by atoms with Gasteiger partial charge in [0.15, 0.2) is 0 Å². The molecule has 116 valence electrons. The molecular formula is C17H21N3OS. The molecule has 1 fully saturated rings. The van der Waals surface area contributed by atoms with Crippen LogP contribution < -0.4 is 0 Å². The number of para-hydroxylation sites is 1. The first-order valence-corrected chi connectivity index (χ1v) is 8.79. The molecule has 3 rings (SSSR count). The third-order valence-electron chi connectivity index (χ3n) is 4.32. The lowest BCUT2D eigenvalue weighted by Gasteiger charge is -2.39. The number of hydrogen-bond acceptors (Lipinski definition) is 4. The van der Waals surface area contributed by atoms with Gasteiger partial charge in [0.05, 0.1) is 11.3 Å². The van der Waals surface area contributed by atoms with Crippen LogP contribution in [0, 0.1) is 0 Å². The van der Waals surface area contributed by atoms with Gasteiger partial charge in [-0.05, 0) is 39.2 Å². The lowest BCUT2D eigenvalue weighted by atomic mass is 9.98. The summed E-state index contributed by atoms with van der Waals surface area (Å²) in [7, 11) is 0. The van der Waals surface area contributed by atoms with E-state index in [4.69, 9.17) is 0 Å². The normalized spacial score (nSPS) is 22.0. The van der Waals surface area contributed by atoms with Crippen molar-refractivity contribution >= 4 is 28.6 Å². The number of piperidine rings is 1. The molecule has 1 saturated heterocycles. The average molecular weight is 315 g/mol. The molecule has 0 spiro atoms. The molecule has 1 aromatic carbocycles. The first-order valence-electron chi connectivity index (χ1n) is 7.80. The van der Waals surface area contributed by atoms with E-state index in [2.05, 4.69) is 28.7 Å². The van der Waals surface area contributed by atoms with E-state index in [1.54, 1.807) is 6.33 Å². The van der Waals surface area contributed by atoms with E-state index < -0.39 is 0 Å². The van der Waals surface area contributed by atoms with Gasteiger partial charge in [-0.3, -0.25) is 4.79 Å². The molecule has 1 amide bonds. The van der Waals surface area contributed by atoms with Crippen molar-refractivity contribution in [2.75, 3.05) is 5.75 Å². The highest BCUT2D eigenvalue weighted by Crippen LogP contribution is 2.27. The molecule has 1 aliphatic rings. The van der Waals surface area contributed by atoms with Crippen LogP contribution in [0.15, 0.2) is 35.6 Å². The first-order chi connectivity index (χ1) is 10.7. The van der Waals surface area contributed by atoms with Crippen molar-refractivity contribution in [1.82, 2.24) is 14.9 Å². The van der Waals surface area contributed by atoms with Gasteiger partial charge in [0.1, 0.15) is 11.4 Å². The SMILES string of the molecule is CC1CCCC(C)N1C(=O)CSc1ncnc2ccccc12. The van der Waals surface area contributed by atoms with Crippen LogP contribution in [0.3, 0.4) is 0 Å². The molecule has 5 heteroatoms. The monoisotopic (exact) mass is 315 g/mol. The van der Waals surface area contributed by atoms with Gasteiger partial charge in [0, 0.05) is 17.5 Å². The Hall–Kier alpha value is -1.62. The third-order valence-corrected chi connectivity index (χ3v) is 5.31. The molecule has 1 aromatic heterocycles. The van der Waals surface area contributed by atoms with E-state index in [-0.39, 0.29) is 5.91 Å². The fraction of sp³-hybridized carbons (Fsp3) is 0.471. The van der Waals surface area contributed by atoms with Crippen molar-refractivity contribution in [3.05, 3.63) is 30.6 Å². The molecule has 0 aliphatic carbocycles. The lowest BCUT2D eigenvalue weighted by molar-refractivity contribution is -0.134. The summed E-state index contributed by atoms with van der Waals surface area (Å²) in [5.74, 6) is 0.655. The second kappa shape index (κ2) is 6.65. The van der Waals surface area contributed by atoms with Crippen LogP contribution in [0.2, 0.25) is 0 Å². The number of rotatable bonds is 3. The minimum absolute atomic E-state index is 0.215. The second-order valence-corrected chi connectivity index (χ2v) is 6.88. The second-order valence-electron chi connectivity index (χ2n) is 5.91. The summed E-state index contributed by atoms with van der Waals surface area (Å²) >= 11 is 1.51. The summed E-state index contributed by atoms with van der Waals surface area (Å²) in [5, 5.41) is 1.90. The maximum absolute atomic E-state index is 12.6. The minimum Gasteiger partial charge on any atom is -0.337 e. The summed E-state index contributed by atoms with van der Waals surface area (Å²) in [6.07, 6.45) is 5.01. The highest BCUT2D eigenvalue weighted by Gasteiger charge is 2.28. The molecule has 0 saturated carbocycles. The van der Waals surface area contributed by atoms with Crippen LogP contribution in [0.1, 0.15) is 33.1 Å². The predicted molar refractivity (Wildman–Crippen MR) is 89.9 cm³/mol. The predicted octanol–water partition coefficient (Wildman–Crippen LogP) is 3.51. The van der Waals surface area contributed by atoms with E-state index in [0.717, 1.165) is 28.8 Å². The fourth-order valence-corrected chi connectivity index (χ4v) is 4.07. The van der Waals surface area contributed by atoms with Crippen molar-refractivity contribution in [3.8, 4) is 0 Å². The maximum Gasteiger partial charge on any atom is 0.233 e. The Morgan fingerprint density at radius 3 is 2.73 bits per heavy atom. The van der Waals surface area contributed by atoms with Crippen molar-refractivity contribution < 1.29 is 4.79 Å². The fourth-order valence-electron chi connectivity index (χ4n) is 3.21. The van der Waals surface area contributed by atoms with E-state index in [1.165, 1.54) is 18.2 Å². The molecule has 1 aliphatic heterocycles. The number of carbonyl (C=O) groups is 1. The number of aromatic nitrogens is 2. The van der Waals surface area contributed by atoms with Gasteiger partial charge in [0.2, 0.25) is 5.91 Å². The summed E-state index contributed by atoms with van der Waals surface area (Å²) in [4.78, 5) is 23.3. The standard InChI is InChI=1S/C17H21N3OS/c1-12-6-5-7-13(2)20(12)16(21)10-22-17-14-8-3-4-9-15(14)18-11-19-17/h3-4,8-9,11-13H,5-7,10H2,1-2H3. The molecular weight excluding hydrogens is 294 g/mol. The van der Waals surface area contributed by atoms with E-state index in [1.807, 2.05) is 24.3 Å². The van der Waals surface area contributed by atoms with Gasteiger partial charge in [-0.1, -0.05) is 30.0 Å². The largest absolute Gasteiger partial charge is 0.337 e. The molecule has 0 radical (unpaired) electrons. The van der Waals surface area contributed by atoms with Gasteiger partial charge in [-0.2, -0.15) is 0 Å². The number of thioether (sulfide) groups is 1. The Morgan fingerprint density at radius 2 is 1.95 bits per heavy atom. The number of benzene rings is 1. The highest BCUT2D eigenvalue weighted by atomic mass is 32.2. The first kappa shape index (κ1) is 15.3. The van der Waals surface area contributed by atoms with E-state index in [9.17, 15) is 4.79 Å². The minimum atomic E-state index is 0.215. The van der Waals surface area contributed by atoms with Crippen molar-refractivity contribution in [1.29, 1.82) is 0 Å². The summed E-state index contributed by atoms with van der Waals surface area (Å²) in [6, 6.07) is 8.61. The van der Waals surface area contributed by atoms with Crippen LogP contribution in [0.5, 0.6) is 0 Å². The molecule has 4 nitrogen and oxygen atoms in total. The van der Waals surface area contributed by atoms with Crippen molar-refractivity contribution in [3.63, 3.8) is 0 Å². The molecule has 2 heterocycles. The quantitative estimate of drug-likeness (QED) is 0.642. The van der Waals surface area contributed by atoms with Crippen molar-refractivity contribution in [2.45, 2.75) is 50.2 Å². The van der Waals surface area contributed by atoms with Gasteiger partial charge in [-0.25, -0.2) is 9.97 Å². The Balaban J connectivity index is 1.72. The molecule has 22 heavy (non-hydrogen) atoms. The van der Waals surface area contributed by atoms with Crippen LogP contribution in [0.25, 0.3) is 10.9 Å². The number of hydrogen-bond donors (Lipinski definition) is 0. The highest BCUT2D eigenvalue weighted by molar-refractivity contribution is 8.00. The van der Waals surface area contributed by atoms with Gasteiger partial charge < -0.3 is 4.90 Å². The maximum atomic E-state index is 12.6. The summed E-state index contributed by atoms with van der Waals surface area (Å²) in [5.41, 5.74) is 0.923. The number of nitrogens with zero attached hydrogens (tertiary/aromatic N) is 3. The Kier molecular flexibility index (Phi) is 4.62. The van der Waals surface area contributed by atoms with E-state index in [0.29, 0.717) is 17.8 Å². The Labute approximate surface area is 135 Å². The molecule has 2 unspecified atom stereocenters.